The van der Waals surface area contributed by atoms with E-state index in [4.69, 9.17) is 0 Å². The van der Waals surface area contributed by atoms with Crippen molar-refractivity contribution in [3.8, 4) is 5.75 Å². The van der Waals surface area contributed by atoms with Gasteiger partial charge in [-0.15, -0.1) is 13.2 Å². The Balaban J connectivity index is 0.00000151. The number of aliphatic hydroxyl groups is 1. The number of carbonyl (C=O) groups is 2. The minimum absolute atomic E-state index is 0.149. The molecule has 1 saturated heterocycles. The highest BCUT2D eigenvalue weighted by molar-refractivity contribution is 6.01. The van der Waals surface area contributed by atoms with Gasteiger partial charge in [0.2, 0.25) is 5.91 Å². The summed E-state index contributed by atoms with van der Waals surface area (Å²) in [6, 6.07) is 5.06. The van der Waals surface area contributed by atoms with Crippen LogP contribution in [0.5, 0.6) is 5.75 Å². The molecule has 0 spiro atoms. The summed E-state index contributed by atoms with van der Waals surface area (Å²) >= 11 is 0. The molecule has 2 atom stereocenters. The topological polar surface area (TPSA) is 99.7 Å². The Morgan fingerprint density at radius 1 is 1.32 bits per heavy atom. The average molecular weight is 363 g/mol. The summed E-state index contributed by atoms with van der Waals surface area (Å²) < 4.78 is 40.7. The van der Waals surface area contributed by atoms with Crippen LogP contribution in [0.15, 0.2) is 24.3 Å². The van der Waals surface area contributed by atoms with E-state index in [-0.39, 0.29) is 18.7 Å². The molecule has 1 aromatic rings. The second-order valence-electron chi connectivity index (χ2n) is 4.78. The van der Waals surface area contributed by atoms with Gasteiger partial charge in [0.05, 0.1) is 11.8 Å². The van der Waals surface area contributed by atoms with Gasteiger partial charge in [0.25, 0.3) is 5.91 Å². The van der Waals surface area contributed by atoms with Crippen molar-refractivity contribution < 1.29 is 32.6 Å². The Hall–Kier alpha value is -2.49. The number of benzene rings is 1. The first-order valence-electron chi connectivity index (χ1n) is 7.64. The Kier molecular flexibility index (Phi) is 7.49. The number of hydrazine groups is 1. The predicted octanol–water partition coefficient (Wildman–Crippen LogP) is 1.55. The summed E-state index contributed by atoms with van der Waals surface area (Å²) in [5.74, 6) is -3.40. The molecule has 0 aliphatic carbocycles. The van der Waals surface area contributed by atoms with E-state index in [1.807, 2.05) is 13.8 Å². The van der Waals surface area contributed by atoms with Crippen molar-refractivity contribution in [1.82, 2.24) is 10.7 Å². The van der Waals surface area contributed by atoms with Crippen molar-refractivity contribution in [1.29, 1.82) is 0 Å². The Labute approximate surface area is 142 Å². The maximum Gasteiger partial charge on any atom is 0.573 e. The highest BCUT2D eigenvalue weighted by atomic mass is 19.4. The molecule has 2 amide bonds. The standard InChI is InChI=1S/C13H14F3N3O4.C2H6/c14-13(15,16)23-9-4-2-1-3-7(9)18-19-12(22)10-8(20)5-6-17-11(10)21;1-2/h1-4,8,10,18,20H,5-6H2,(H,17,21)(H,19,22);1-2H3. The van der Waals surface area contributed by atoms with Crippen molar-refractivity contribution in [3.05, 3.63) is 24.3 Å². The molecular formula is C15H20F3N3O4. The predicted molar refractivity (Wildman–Crippen MR) is 83.4 cm³/mol. The quantitative estimate of drug-likeness (QED) is 0.481. The van der Waals surface area contributed by atoms with Crippen LogP contribution in [0.1, 0.15) is 20.3 Å². The van der Waals surface area contributed by atoms with Crippen molar-refractivity contribution in [2.45, 2.75) is 32.7 Å². The third-order valence-electron chi connectivity index (χ3n) is 3.12. The molecule has 2 unspecified atom stereocenters. The number of amides is 2. The maximum atomic E-state index is 12.3. The fourth-order valence-corrected chi connectivity index (χ4v) is 2.08. The fraction of sp³-hybridized carbons (Fsp3) is 0.467. The number of hydrogen-bond acceptors (Lipinski definition) is 5. The normalized spacial score (nSPS) is 19.8. The summed E-state index contributed by atoms with van der Waals surface area (Å²) in [7, 11) is 0. The molecule has 0 aromatic heterocycles. The summed E-state index contributed by atoms with van der Waals surface area (Å²) in [6.07, 6.45) is -5.84. The molecule has 7 nitrogen and oxygen atoms in total. The number of piperidine rings is 1. The van der Waals surface area contributed by atoms with Crippen LogP contribution in [0.2, 0.25) is 0 Å². The van der Waals surface area contributed by atoms with E-state index < -0.39 is 35.9 Å². The minimum atomic E-state index is -4.89. The summed E-state index contributed by atoms with van der Waals surface area (Å²) in [6.45, 7) is 4.25. The molecule has 0 saturated carbocycles. The number of rotatable bonds is 4. The molecule has 0 radical (unpaired) electrons. The SMILES string of the molecule is CC.O=C1NCCC(O)C1C(=O)NNc1ccccc1OC(F)(F)F. The van der Waals surface area contributed by atoms with E-state index in [1.54, 1.807) is 0 Å². The lowest BCUT2D eigenvalue weighted by Crippen LogP contribution is -2.52. The first-order valence-corrected chi connectivity index (χ1v) is 7.64. The van der Waals surface area contributed by atoms with Gasteiger partial charge < -0.3 is 15.2 Å². The lowest BCUT2D eigenvalue weighted by Gasteiger charge is -2.26. The van der Waals surface area contributed by atoms with Crippen molar-refractivity contribution in [2.24, 2.45) is 5.92 Å². The number of alkyl halides is 3. The van der Waals surface area contributed by atoms with Gasteiger partial charge in [-0.3, -0.25) is 20.4 Å². The largest absolute Gasteiger partial charge is 0.573 e. The van der Waals surface area contributed by atoms with Crippen LogP contribution < -0.4 is 20.9 Å². The molecule has 1 aromatic carbocycles. The zero-order valence-electron chi connectivity index (χ0n) is 13.7. The molecule has 10 heteroatoms. The van der Waals surface area contributed by atoms with E-state index in [1.165, 1.54) is 18.2 Å². The number of nitrogens with one attached hydrogen (secondary N) is 3. The minimum Gasteiger partial charge on any atom is -0.404 e. The first kappa shape index (κ1) is 20.6. The second-order valence-corrected chi connectivity index (χ2v) is 4.78. The fourth-order valence-electron chi connectivity index (χ4n) is 2.08. The van der Waals surface area contributed by atoms with E-state index in [0.29, 0.717) is 0 Å². The van der Waals surface area contributed by atoms with Crippen LogP contribution >= 0.6 is 0 Å². The smallest absolute Gasteiger partial charge is 0.404 e. The van der Waals surface area contributed by atoms with Crippen LogP contribution in [0.4, 0.5) is 18.9 Å². The molecular weight excluding hydrogens is 343 g/mol. The Bertz CT molecular complexity index is 596. The Morgan fingerprint density at radius 3 is 2.56 bits per heavy atom. The summed E-state index contributed by atoms with van der Waals surface area (Å²) in [5.41, 5.74) is 4.21. The number of halogens is 3. The third-order valence-corrected chi connectivity index (χ3v) is 3.12. The van der Waals surface area contributed by atoms with Crippen molar-refractivity contribution in [2.75, 3.05) is 12.0 Å². The van der Waals surface area contributed by atoms with Gasteiger partial charge in [-0.1, -0.05) is 26.0 Å². The molecule has 140 valence electrons. The maximum absolute atomic E-state index is 12.3. The van der Waals surface area contributed by atoms with Gasteiger partial charge in [0, 0.05) is 6.54 Å². The number of para-hydroxylation sites is 2. The first-order chi connectivity index (χ1) is 11.8. The highest BCUT2D eigenvalue weighted by Gasteiger charge is 2.37. The van der Waals surface area contributed by atoms with E-state index in [9.17, 15) is 27.9 Å². The van der Waals surface area contributed by atoms with Crippen molar-refractivity contribution >= 4 is 17.5 Å². The molecule has 0 bridgehead atoms. The van der Waals surface area contributed by atoms with Crippen LogP contribution in [0.3, 0.4) is 0 Å². The van der Waals surface area contributed by atoms with Gasteiger partial charge in [0.1, 0.15) is 5.92 Å². The molecule has 1 aliphatic rings. The number of hydrogen-bond donors (Lipinski definition) is 4. The number of anilines is 1. The molecule has 4 N–H and O–H groups in total. The number of carbonyl (C=O) groups excluding carboxylic acids is 2. The zero-order chi connectivity index (χ0) is 19.0. The van der Waals surface area contributed by atoms with Gasteiger partial charge in [-0.05, 0) is 18.6 Å². The lowest BCUT2D eigenvalue weighted by atomic mass is 9.95. The third kappa shape index (κ3) is 6.14. The lowest BCUT2D eigenvalue weighted by molar-refractivity contribution is -0.274. The van der Waals surface area contributed by atoms with Crippen LogP contribution in [-0.2, 0) is 9.59 Å². The molecule has 1 aliphatic heterocycles. The second kappa shape index (κ2) is 9.11. The van der Waals surface area contributed by atoms with E-state index in [0.717, 1.165) is 6.07 Å². The number of aliphatic hydroxyl groups excluding tert-OH is 1. The van der Waals surface area contributed by atoms with Gasteiger partial charge >= 0.3 is 6.36 Å². The number of ether oxygens (including phenoxy) is 1. The zero-order valence-corrected chi connectivity index (χ0v) is 13.7. The molecule has 1 fully saturated rings. The monoisotopic (exact) mass is 363 g/mol. The molecule has 1 heterocycles. The molecule has 25 heavy (non-hydrogen) atoms. The van der Waals surface area contributed by atoms with E-state index >= 15 is 0 Å². The van der Waals surface area contributed by atoms with Crippen molar-refractivity contribution in [3.63, 3.8) is 0 Å². The van der Waals surface area contributed by atoms with Crippen LogP contribution in [-0.4, -0.2) is 35.9 Å². The van der Waals surface area contributed by atoms with Gasteiger partial charge in [-0.25, -0.2) is 0 Å². The summed E-state index contributed by atoms with van der Waals surface area (Å²) in [5, 5.41) is 12.1. The van der Waals surface area contributed by atoms with Crippen LogP contribution in [0.25, 0.3) is 0 Å². The summed E-state index contributed by atoms with van der Waals surface area (Å²) in [4.78, 5) is 23.5. The Morgan fingerprint density at radius 2 is 1.96 bits per heavy atom. The average Bonchev–Trinajstić information content (AvgIpc) is 2.54. The highest BCUT2D eigenvalue weighted by Crippen LogP contribution is 2.29. The van der Waals surface area contributed by atoms with E-state index in [2.05, 4.69) is 20.9 Å². The molecule has 2 rings (SSSR count). The van der Waals surface area contributed by atoms with Gasteiger partial charge in [-0.2, -0.15) is 0 Å². The van der Waals surface area contributed by atoms with Gasteiger partial charge in [0.15, 0.2) is 5.75 Å². The van der Waals surface area contributed by atoms with Crippen LogP contribution in [0, 0.1) is 5.92 Å².